The van der Waals surface area contributed by atoms with E-state index in [-0.39, 0.29) is 0 Å². The van der Waals surface area contributed by atoms with Gasteiger partial charge in [-0.25, -0.2) is 0 Å². The van der Waals surface area contributed by atoms with E-state index in [1.807, 2.05) is 12.1 Å². The Bertz CT molecular complexity index is 455. The van der Waals surface area contributed by atoms with Gasteiger partial charge < -0.3 is 9.84 Å². The Morgan fingerprint density at radius 1 is 1.47 bits per heavy atom. The van der Waals surface area contributed by atoms with Crippen molar-refractivity contribution in [3.05, 3.63) is 30.4 Å². The molecule has 0 aromatic carbocycles. The molecule has 0 aliphatic rings. The average molecular weight is 232 g/mol. The number of hydrogen-bond acceptors (Lipinski definition) is 5. The Morgan fingerprint density at radius 3 is 3.06 bits per heavy atom. The fraction of sp³-hybridized carbons (Fsp3) is 0.417. The molecule has 0 bridgehead atoms. The first-order valence-electron chi connectivity index (χ1n) is 5.76. The molecule has 1 unspecified atom stereocenters. The lowest BCUT2D eigenvalue weighted by Gasteiger charge is -2.07. The van der Waals surface area contributed by atoms with Crippen LogP contribution >= 0.6 is 0 Å². The number of aromatic nitrogens is 3. The van der Waals surface area contributed by atoms with Gasteiger partial charge in [0.15, 0.2) is 0 Å². The monoisotopic (exact) mass is 232 g/mol. The van der Waals surface area contributed by atoms with Crippen LogP contribution in [0.15, 0.2) is 29.0 Å². The molecule has 2 heterocycles. The normalized spacial score (nSPS) is 12.6. The summed E-state index contributed by atoms with van der Waals surface area (Å²) < 4.78 is 5.21. The second-order valence-corrected chi connectivity index (χ2v) is 3.92. The topological polar surface area (TPSA) is 63.8 Å². The highest BCUT2D eigenvalue weighted by molar-refractivity contribution is 5.51. The molecule has 0 spiro atoms. The summed E-state index contributed by atoms with van der Waals surface area (Å²) in [6.07, 6.45) is 4.18. The molecule has 0 fully saturated rings. The first kappa shape index (κ1) is 11.7. The second-order valence-electron chi connectivity index (χ2n) is 3.92. The molecule has 0 saturated heterocycles. The molecule has 17 heavy (non-hydrogen) atoms. The summed E-state index contributed by atoms with van der Waals surface area (Å²) in [4.78, 5) is 8.37. The first-order chi connectivity index (χ1) is 8.29. The fourth-order valence-electron chi connectivity index (χ4n) is 1.63. The zero-order valence-corrected chi connectivity index (χ0v) is 10.1. The number of rotatable bonds is 5. The van der Waals surface area contributed by atoms with Crippen LogP contribution in [0.1, 0.15) is 19.7 Å². The minimum absolute atomic E-state index is 0.335. The third kappa shape index (κ3) is 3.10. The molecule has 0 aliphatic carbocycles. The second kappa shape index (κ2) is 5.54. The van der Waals surface area contributed by atoms with Crippen LogP contribution in [0.25, 0.3) is 11.4 Å². The molecule has 0 radical (unpaired) electrons. The summed E-state index contributed by atoms with van der Waals surface area (Å²) in [6, 6.07) is 4.10. The quantitative estimate of drug-likeness (QED) is 0.849. The zero-order valence-electron chi connectivity index (χ0n) is 10.1. The lowest BCUT2D eigenvalue weighted by molar-refractivity contribution is 0.363. The van der Waals surface area contributed by atoms with Gasteiger partial charge in [-0.2, -0.15) is 4.98 Å². The maximum absolute atomic E-state index is 5.21. The first-order valence-corrected chi connectivity index (χ1v) is 5.76. The molecule has 1 N–H and O–H groups in total. The number of nitrogens with zero attached hydrogens (tertiary/aromatic N) is 3. The van der Waals surface area contributed by atoms with Crippen molar-refractivity contribution in [1.29, 1.82) is 0 Å². The van der Waals surface area contributed by atoms with E-state index in [1.54, 1.807) is 12.4 Å². The lowest BCUT2D eigenvalue weighted by atomic mass is 10.2. The van der Waals surface area contributed by atoms with Gasteiger partial charge in [0, 0.05) is 30.4 Å². The van der Waals surface area contributed by atoms with Crippen molar-refractivity contribution in [3.8, 4) is 11.4 Å². The van der Waals surface area contributed by atoms with Crippen LogP contribution in [0.3, 0.4) is 0 Å². The van der Waals surface area contributed by atoms with E-state index in [9.17, 15) is 0 Å². The molecule has 2 aromatic heterocycles. The van der Waals surface area contributed by atoms with E-state index in [0.717, 1.165) is 18.5 Å². The highest BCUT2D eigenvalue weighted by Gasteiger charge is 2.11. The van der Waals surface area contributed by atoms with E-state index < -0.39 is 0 Å². The van der Waals surface area contributed by atoms with Gasteiger partial charge in [0.05, 0.1) is 0 Å². The third-order valence-electron chi connectivity index (χ3n) is 2.42. The number of hydrogen-bond donors (Lipinski definition) is 1. The molecule has 2 rings (SSSR count). The minimum Gasteiger partial charge on any atom is -0.339 e. The van der Waals surface area contributed by atoms with Crippen molar-refractivity contribution in [2.24, 2.45) is 0 Å². The highest BCUT2D eigenvalue weighted by atomic mass is 16.5. The Morgan fingerprint density at radius 2 is 2.35 bits per heavy atom. The average Bonchev–Trinajstić information content (AvgIpc) is 2.79. The molecule has 90 valence electrons. The van der Waals surface area contributed by atoms with Crippen LogP contribution in [-0.4, -0.2) is 27.7 Å². The van der Waals surface area contributed by atoms with Gasteiger partial charge in [-0.15, -0.1) is 0 Å². The third-order valence-corrected chi connectivity index (χ3v) is 2.42. The summed E-state index contributed by atoms with van der Waals surface area (Å²) in [5.41, 5.74) is 0.874. The number of nitrogens with one attached hydrogen (secondary N) is 1. The van der Waals surface area contributed by atoms with E-state index >= 15 is 0 Å². The molecular weight excluding hydrogens is 216 g/mol. The molecule has 5 heteroatoms. The van der Waals surface area contributed by atoms with Crippen LogP contribution < -0.4 is 5.32 Å². The largest absolute Gasteiger partial charge is 0.339 e. The Kier molecular flexibility index (Phi) is 3.82. The molecule has 0 amide bonds. The fourth-order valence-corrected chi connectivity index (χ4v) is 1.63. The Balaban J connectivity index is 2.06. The minimum atomic E-state index is 0.335. The maximum Gasteiger partial charge on any atom is 0.228 e. The standard InChI is InChI=1S/C12H16N4O/c1-3-14-9(2)7-11-15-12(16-17-11)10-5-4-6-13-8-10/h4-6,8-9,14H,3,7H2,1-2H3. The molecule has 0 saturated carbocycles. The van der Waals surface area contributed by atoms with E-state index in [4.69, 9.17) is 4.52 Å². The van der Waals surface area contributed by atoms with Gasteiger partial charge in [0.1, 0.15) is 0 Å². The smallest absolute Gasteiger partial charge is 0.228 e. The molecular formula is C12H16N4O. The van der Waals surface area contributed by atoms with Crippen molar-refractivity contribution in [3.63, 3.8) is 0 Å². The predicted octanol–water partition coefficient (Wildman–Crippen LogP) is 1.67. The van der Waals surface area contributed by atoms with Gasteiger partial charge in [0.25, 0.3) is 0 Å². The van der Waals surface area contributed by atoms with Crippen molar-refractivity contribution >= 4 is 0 Å². The van der Waals surface area contributed by atoms with Gasteiger partial charge >= 0.3 is 0 Å². The van der Waals surface area contributed by atoms with Crippen molar-refractivity contribution in [1.82, 2.24) is 20.4 Å². The maximum atomic E-state index is 5.21. The highest BCUT2D eigenvalue weighted by Crippen LogP contribution is 2.14. The number of likely N-dealkylation sites (N-methyl/N-ethyl adjacent to an activating group) is 1. The lowest BCUT2D eigenvalue weighted by Crippen LogP contribution is -2.27. The van der Waals surface area contributed by atoms with Gasteiger partial charge in [-0.3, -0.25) is 4.98 Å². The summed E-state index contributed by atoms with van der Waals surface area (Å²) in [6.45, 7) is 5.10. The van der Waals surface area contributed by atoms with Crippen LogP contribution in [-0.2, 0) is 6.42 Å². The van der Waals surface area contributed by atoms with E-state index in [0.29, 0.717) is 17.8 Å². The molecule has 2 aromatic rings. The summed E-state index contributed by atoms with van der Waals surface area (Å²) in [5, 5.41) is 7.25. The van der Waals surface area contributed by atoms with Crippen LogP contribution in [0, 0.1) is 0 Å². The summed E-state index contributed by atoms with van der Waals surface area (Å²) in [5.74, 6) is 1.24. The summed E-state index contributed by atoms with van der Waals surface area (Å²) in [7, 11) is 0. The van der Waals surface area contributed by atoms with Crippen molar-refractivity contribution < 1.29 is 4.52 Å². The van der Waals surface area contributed by atoms with Gasteiger partial charge in [0.2, 0.25) is 11.7 Å². The van der Waals surface area contributed by atoms with Crippen LogP contribution in [0.5, 0.6) is 0 Å². The van der Waals surface area contributed by atoms with E-state index in [1.165, 1.54) is 0 Å². The van der Waals surface area contributed by atoms with E-state index in [2.05, 4.69) is 34.3 Å². The summed E-state index contributed by atoms with van der Waals surface area (Å²) >= 11 is 0. The van der Waals surface area contributed by atoms with Crippen molar-refractivity contribution in [2.75, 3.05) is 6.54 Å². The van der Waals surface area contributed by atoms with Gasteiger partial charge in [-0.05, 0) is 25.6 Å². The van der Waals surface area contributed by atoms with Gasteiger partial charge in [-0.1, -0.05) is 12.1 Å². The van der Waals surface area contributed by atoms with Crippen LogP contribution in [0.2, 0.25) is 0 Å². The molecule has 5 nitrogen and oxygen atoms in total. The van der Waals surface area contributed by atoms with Crippen molar-refractivity contribution in [2.45, 2.75) is 26.3 Å². The zero-order chi connectivity index (χ0) is 12.1. The molecule has 0 aliphatic heterocycles. The molecule has 1 atom stereocenters. The Labute approximate surface area is 100 Å². The number of pyridine rings is 1. The SMILES string of the molecule is CCNC(C)Cc1nc(-c2cccnc2)no1. The Hall–Kier alpha value is -1.75. The predicted molar refractivity (Wildman–Crippen MR) is 64.4 cm³/mol. The van der Waals surface area contributed by atoms with Crippen LogP contribution in [0.4, 0.5) is 0 Å².